The van der Waals surface area contributed by atoms with Gasteiger partial charge in [0.05, 0.1) is 6.10 Å². The van der Waals surface area contributed by atoms with Crippen LogP contribution in [-0.2, 0) is 0 Å². The van der Waals surface area contributed by atoms with Crippen LogP contribution in [0.25, 0.3) is 10.8 Å². The largest absolute Gasteiger partial charge is 0.393 e. The van der Waals surface area contributed by atoms with E-state index in [1.54, 1.807) is 0 Å². The number of nitrogens with two attached hydrogens (primary N) is 1. The minimum atomic E-state index is -0.159. The van der Waals surface area contributed by atoms with Crippen molar-refractivity contribution in [2.75, 3.05) is 18.0 Å². The third-order valence-corrected chi connectivity index (χ3v) is 4.19. The van der Waals surface area contributed by atoms with E-state index >= 15 is 0 Å². The summed E-state index contributed by atoms with van der Waals surface area (Å²) in [5.41, 5.74) is 7.94. The van der Waals surface area contributed by atoms with Crippen LogP contribution in [0.2, 0.25) is 0 Å². The molecule has 1 heterocycles. The molecule has 1 fully saturated rings. The molecule has 3 N–H and O–H groups in total. The van der Waals surface area contributed by atoms with Gasteiger partial charge in [-0.3, -0.25) is 0 Å². The van der Waals surface area contributed by atoms with Crippen LogP contribution in [0.3, 0.4) is 0 Å². The molecule has 104 valence electrons. The van der Waals surface area contributed by atoms with Gasteiger partial charge in [-0.25, -0.2) is 0 Å². The number of hydrogen-bond acceptors (Lipinski definition) is 3. The molecule has 0 spiro atoms. The van der Waals surface area contributed by atoms with Crippen molar-refractivity contribution in [1.29, 1.82) is 0 Å². The Kier molecular flexibility index (Phi) is 3.59. The number of piperidine rings is 1. The molecule has 3 rings (SSSR count). The van der Waals surface area contributed by atoms with Crippen molar-refractivity contribution in [2.45, 2.75) is 18.9 Å². The van der Waals surface area contributed by atoms with Gasteiger partial charge in [0, 0.05) is 29.7 Å². The second kappa shape index (κ2) is 5.38. The summed E-state index contributed by atoms with van der Waals surface area (Å²) < 4.78 is 0. The summed E-state index contributed by atoms with van der Waals surface area (Å²) in [6.45, 7) is 1.77. The zero-order chi connectivity index (χ0) is 14.1. The van der Waals surface area contributed by atoms with E-state index in [-0.39, 0.29) is 6.10 Å². The fourth-order valence-electron chi connectivity index (χ4n) is 2.88. The quantitative estimate of drug-likeness (QED) is 0.833. The predicted molar refractivity (Wildman–Crippen MR) is 87.3 cm³/mol. The van der Waals surface area contributed by atoms with Crippen molar-refractivity contribution in [3.8, 4) is 0 Å². The first-order valence-corrected chi connectivity index (χ1v) is 7.32. The standard InChI is InChI=1S/C16H18N2OS/c17-16(20)14-5-6-15(13-4-2-1-3-12(13)14)18-9-7-11(19)8-10-18/h1-6,11,19H,7-10H2,(H2,17,20). The van der Waals surface area contributed by atoms with Gasteiger partial charge in [-0.2, -0.15) is 0 Å². The van der Waals surface area contributed by atoms with Crippen LogP contribution in [0.5, 0.6) is 0 Å². The van der Waals surface area contributed by atoms with Gasteiger partial charge in [-0.15, -0.1) is 0 Å². The Labute approximate surface area is 124 Å². The molecule has 1 aliphatic rings. The molecule has 4 heteroatoms. The van der Waals surface area contributed by atoms with Crippen molar-refractivity contribution in [3.05, 3.63) is 42.0 Å². The smallest absolute Gasteiger partial charge is 0.104 e. The van der Waals surface area contributed by atoms with Gasteiger partial charge in [-0.05, 0) is 30.4 Å². The van der Waals surface area contributed by atoms with E-state index in [4.69, 9.17) is 18.0 Å². The number of thiocarbonyl (C=S) groups is 1. The second-order valence-corrected chi connectivity index (χ2v) is 5.70. The summed E-state index contributed by atoms with van der Waals surface area (Å²) in [5, 5.41) is 11.9. The number of rotatable bonds is 2. The maximum atomic E-state index is 9.64. The highest BCUT2D eigenvalue weighted by atomic mass is 32.1. The number of aliphatic hydroxyl groups is 1. The number of hydrogen-bond donors (Lipinski definition) is 2. The lowest BCUT2D eigenvalue weighted by Gasteiger charge is -2.32. The third-order valence-electron chi connectivity index (χ3n) is 3.97. The molecule has 3 nitrogen and oxygen atoms in total. The average Bonchev–Trinajstić information content (AvgIpc) is 2.47. The Hall–Kier alpha value is -1.65. The first kappa shape index (κ1) is 13.3. The molecule has 0 aromatic heterocycles. The third kappa shape index (κ3) is 2.37. The van der Waals surface area contributed by atoms with E-state index in [0.29, 0.717) is 4.99 Å². The highest BCUT2D eigenvalue weighted by Gasteiger charge is 2.19. The fourth-order valence-corrected chi connectivity index (χ4v) is 3.06. The summed E-state index contributed by atoms with van der Waals surface area (Å²) in [6.07, 6.45) is 1.49. The van der Waals surface area contributed by atoms with Crippen molar-refractivity contribution >= 4 is 33.7 Å². The predicted octanol–water partition coefficient (Wildman–Crippen LogP) is 2.44. The maximum absolute atomic E-state index is 9.64. The molecule has 0 radical (unpaired) electrons. The van der Waals surface area contributed by atoms with E-state index in [2.05, 4.69) is 23.1 Å². The molecule has 2 aromatic carbocycles. The summed E-state index contributed by atoms with van der Waals surface area (Å²) in [4.78, 5) is 2.76. The SMILES string of the molecule is NC(=S)c1ccc(N2CCC(O)CC2)c2ccccc12. The number of nitrogens with zero attached hydrogens (tertiary/aromatic N) is 1. The van der Waals surface area contributed by atoms with Crippen LogP contribution in [0.1, 0.15) is 18.4 Å². The van der Waals surface area contributed by atoms with Crippen molar-refractivity contribution in [2.24, 2.45) is 5.73 Å². The zero-order valence-corrected chi connectivity index (χ0v) is 12.1. The molecule has 0 saturated carbocycles. The van der Waals surface area contributed by atoms with Crippen LogP contribution in [0.4, 0.5) is 5.69 Å². The molecule has 0 unspecified atom stereocenters. The minimum absolute atomic E-state index is 0.159. The molecule has 0 atom stereocenters. The monoisotopic (exact) mass is 286 g/mol. The van der Waals surface area contributed by atoms with Gasteiger partial charge in [0.15, 0.2) is 0 Å². The zero-order valence-electron chi connectivity index (χ0n) is 11.2. The number of fused-ring (bicyclic) bond motifs is 1. The molecule has 2 aromatic rings. The summed E-state index contributed by atoms with van der Waals surface area (Å²) in [7, 11) is 0. The van der Waals surface area contributed by atoms with Gasteiger partial charge >= 0.3 is 0 Å². The Morgan fingerprint density at radius 2 is 1.75 bits per heavy atom. The van der Waals surface area contributed by atoms with Gasteiger partial charge in [0.25, 0.3) is 0 Å². The Morgan fingerprint density at radius 3 is 2.40 bits per heavy atom. The Bertz CT molecular complexity index is 648. The lowest BCUT2D eigenvalue weighted by atomic mass is 10.00. The molecule has 1 saturated heterocycles. The highest BCUT2D eigenvalue weighted by molar-refractivity contribution is 7.80. The van der Waals surface area contributed by atoms with E-state index in [0.717, 1.165) is 36.9 Å². The molecule has 0 amide bonds. The van der Waals surface area contributed by atoms with Gasteiger partial charge in [-0.1, -0.05) is 36.5 Å². The lowest BCUT2D eigenvalue weighted by Crippen LogP contribution is -2.35. The van der Waals surface area contributed by atoms with Crippen molar-refractivity contribution in [1.82, 2.24) is 0 Å². The molecular formula is C16H18N2OS. The second-order valence-electron chi connectivity index (χ2n) is 5.26. The summed E-state index contributed by atoms with van der Waals surface area (Å²) >= 11 is 5.14. The number of aliphatic hydroxyl groups excluding tert-OH is 1. The van der Waals surface area contributed by atoms with E-state index in [9.17, 15) is 5.11 Å². The topological polar surface area (TPSA) is 49.5 Å². The minimum Gasteiger partial charge on any atom is -0.393 e. The van der Waals surface area contributed by atoms with Gasteiger partial charge in [0.2, 0.25) is 0 Å². The van der Waals surface area contributed by atoms with Crippen LogP contribution >= 0.6 is 12.2 Å². The van der Waals surface area contributed by atoms with Crippen molar-refractivity contribution in [3.63, 3.8) is 0 Å². The van der Waals surface area contributed by atoms with Crippen molar-refractivity contribution < 1.29 is 5.11 Å². The first-order valence-electron chi connectivity index (χ1n) is 6.91. The number of anilines is 1. The highest BCUT2D eigenvalue weighted by Crippen LogP contribution is 2.31. The van der Waals surface area contributed by atoms with E-state index < -0.39 is 0 Å². The average molecular weight is 286 g/mol. The molecule has 0 aliphatic carbocycles. The lowest BCUT2D eigenvalue weighted by molar-refractivity contribution is 0.145. The molecule has 20 heavy (non-hydrogen) atoms. The van der Waals surface area contributed by atoms with Crippen LogP contribution in [-0.4, -0.2) is 29.3 Å². The maximum Gasteiger partial charge on any atom is 0.104 e. The fraction of sp³-hybridized carbons (Fsp3) is 0.312. The van der Waals surface area contributed by atoms with Gasteiger partial charge in [0.1, 0.15) is 4.99 Å². The molecular weight excluding hydrogens is 268 g/mol. The van der Waals surface area contributed by atoms with Gasteiger partial charge < -0.3 is 15.7 Å². The normalized spacial score (nSPS) is 16.6. The Morgan fingerprint density at radius 1 is 1.10 bits per heavy atom. The molecule has 1 aliphatic heterocycles. The summed E-state index contributed by atoms with van der Waals surface area (Å²) in [5.74, 6) is 0. The van der Waals surface area contributed by atoms with E-state index in [1.165, 1.54) is 11.1 Å². The van der Waals surface area contributed by atoms with Crippen LogP contribution in [0, 0.1) is 0 Å². The summed E-state index contributed by atoms with van der Waals surface area (Å²) in [6, 6.07) is 12.3. The van der Waals surface area contributed by atoms with Crippen LogP contribution in [0.15, 0.2) is 36.4 Å². The van der Waals surface area contributed by atoms with E-state index in [1.807, 2.05) is 18.2 Å². The number of benzene rings is 2. The molecule has 0 bridgehead atoms. The van der Waals surface area contributed by atoms with Crippen LogP contribution < -0.4 is 10.6 Å². The Balaban J connectivity index is 2.08. The first-order chi connectivity index (χ1) is 9.66.